The molecule has 0 saturated heterocycles. The Morgan fingerprint density at radius 2 is 1.14 bits per heavy atom. The summed E-state index contributed by atoms with van der Waals surface area (Å²) in [6.07, 6.45) is 32.6. The first kappa shape index (κ1) is 22.2. The van der Waals surface area contributed by atoms with Gasteiger partial charge in [-0.3, -0.25) is 0 Å². The maximum Gasteiger partial charge on any atom is -0.0269 e. The maximum absolute atomic E-state index is 2.36. The molecule has 0 aromatic carbocycles. The summed E-state index contributed by atoms with van der Waals surface area (Å²) >= 11 is 0. The number of unbranched alkanes of at least 4 members (excludes halogenated alkanes) is 3. The Morgan fingerprint density at radius 3 is 1.69 bits per heavy atom. The first-order valence-electron chi connectivity index (χ1n) is 14.2. The molecule has 5 rings (SSSR count). The lowest BCUT2D eigenvalue weighted by molar-refractivity contribution is -0.0680. The van der Waals surface area contributed by atoms with Gasteiger partial charge in [0.2, 0.25) is 0 Å². The maximum atomic E-state index is 2.36. The van der Waals surface area contributed by atoms with Crippen LogP contribution in [0.5, 0.6) is 0 Å². The molecule has 0 heteroatoms. The van der Waals surface area contributed by atoms with Gasteiger partial charge in [-0.15, -0.1) is 0 Å². The standard InChI is InChI=1S/C29H52/c1-3-5-7-17-28-18-21-29(22-19-28,23-20-28)27-15-13-26(14-16-27)25-11-9-24(10-12-25)8-6-4-2/h24-27H,3-23H2,1-2H3/t24-,25-,26-,27-,28?,29?. The highest BCUT2D eigenvalue weighted by Crippen LogP contribution is 2.63. The SMILES string of the molecule is CCCCCC12CCC([C@H]3CC[C@H]([C@H]4CC[C@H](CCCC)CC4)CC3)(CC1)CC2. The van der Waals surface area contributed by atoms with Gasteiger partial charge in [0.25, 0.3) is 0 Å². The Labute approximate surface area is 183 Å². The topological polar surface area (TPSA) is 0 Å². The summed E-state index contributed by atoms with van der Waals surface area (Å²) in [4.78, 5) is 0. The molecule has 0 aromatic rings. The van der Waals surface area contributed by atoms with Crippen LogP contribution in [0.2, 0.25) is 0 Å². The molecular formula is C29H52. The third-order valence-corrected chi connectivity index (χ3v) is 10.9. The van der Waals surface area contributed by atoms with Crippen molar-refractivity contribution in [1.29, 1.82) is 0 Å². The molecule has 0 heterocycles. The predicted molar refractivity (Wildman–Crippen MR) is 127 cm³/mol. The van der Waals surface area contributed by atoms with Crippen LogP contribution in [0.3, 0.4) is 0 Å². The van der Waals surface area contributed by atoms with E-state index in [-0.39, 0.29) is 0 Å². The molecule has 0 spiro atoms. The van der Waals surface area contributed by atoms with Crippen molar-refractivity contribution in [2.45, 2.75) is 149 Å². The van der Waals surface area contributed by atoms with Gasteiger partial charge in [0.05, 0.1) is 0 Å². The lowest BCUT2D eigenvalue weighted by Crippen LogP contribution is -2.46. The fraction of sp³-hybridized carbons (Fsp3) is 1.00. The minimum atomic E-state index is 0.796. The van der Waals surface area contributed by atoms with E-state index in [1.807, 2.05) is 0 Å². The lowest BCUT2D eigenvalue weighted by atomic mass is 9.47. The summed E-state index contributed by atoms with van der Waals surface area (Å²) in [5.74, 6) is 4.41. The number of rotatable bonds is 9. The quantitative estimate of drug-likeness (QED) is 0.338. The van der Waals surface area contributed by atoms with Gasteiger partial charge < -0.3 is 0 Å². The molecule has 0 nitrogen and oxygen atoms in total. The minimum absolute atomic E-state index is 0.796. The fourth-order valence-corrected chi connectivity index (χ4v) is 8.67. The molecule has 5 fully saturated rings. The van der Waals surface area contributed by atoms with Gasteiger partial charge >= 0.3 is 0 Å². The van der Waals surface area contributed by atoms with Gasteiger partial charge in [-0.05, 0) is 118 Å². The van der Waals surface area contributed by atoms with Crippen molar-refractivity contribution in [2.24, 2.45) is 34.5 Å². The van der Waals surface area contributed by atoms with E-state index in [1.54, 1.807) is 96.3 Å². The molecule has 5 saturated carbocycles. The van der Waals surface area contributed by atoms with E-state index in [2.05, 4.69) is 13.8 Å². The smallest absolute Gasteiger partial charge is 0.0269 e. The third kappa shape index (κ3) is 5.09. The van der Waals surface area contributed by atoms with E-state index in [4.69, 9.17) is 0 Å². The van der Waals surface area contributed by atoms with Gasteiger partial charge in [0, 0.05) is 0 Å². The van der Waals surface area contributed by atoms with E-state index in [1.165, 1.54) is 38.5 Å². The molecule has 168 valence electrons. The van der Waals surface area contributed by atoms with Crippen LogP contribution in [0, 0.1) is 34.5 Å². The van der Waals surface area contributed by atoms with Gasteiger partial charge in [0.1, 0.15) is 0 Å². The summed E-state index contributed by atoms with van der Waals surface area (Å²) in [5.41, 5.74) is 1.60. The fourth-order valence-electron chi connectivity index (χ4n) is 8.67. The van der Waals surface area contributed by atoms with E-state index in [0.29, 0.717) is 0 Å². The highest BCUT2D eigenvalue weighted by Gasteiger charge is 2.51. The van der Waals surface area contributed by atoms with Crippen LogP contribution in [-0.4, -0.2) is 0 Å². The predicted octanol–water partition coefficient (Wildman–Crippen LogP) is 9.71. The molecule has 0 aliphatic heterocycles. The summed E-state index contributed by atoms with van der Waals surface area (Å²) in [5, 5.41) is 0. The molecule has 0 unspecified atom stereocenters. The van der Waals surface area contributed by atoms with E-state index in [9.17, 15) is 0 Å². The molecule has 5 aliphatic carbocycles. The van der Waals surface area contributed by atoms with Crippen molar-refractivity contribution in [1.82, 2.24) is 0 Å². The van der Waals surface area contributed by atoms with Crippen LogP contribution in [0.1, 0.15) is 149 Å². The van der Waals surface area contributed by atoms with E-state index >= 15 is 0 Å². The zero-order chi connectivity index (χ0) is 20.2. The second kappa shape index (κ2) is 10.1. The summed E-state index contributed by atoms with van der Waals surface area (Å²) in [7, 11) is 0. The second-order valence-corrected chi connectivity index (χ2v) is 12.4. The number of hydrogen-bond donors (Lipinski definition) is 0. The van der Waals surface area contributed by atoms with Crippen molar-refractivity contribution in [3.05, 3.63) is 0 Å². The normalized spacial score (nSPS) is 42.8. The van der Waals surface area contributed by atoms with Crippen molar-refractivity contribution in [2.75, 3.05) is 0 Å². The minimum Gasteiger partial charge on any atom is -0.0654 e. The van der Waals surface area contributed by atoms with Gasteiger partial charge in [0.15, 0.2) is 0 Å². The molecule has 29 heavy (non-hydrogen) atoms. The average molecular weight is 401 g/mol. The van der Waals surface area contributed by atoms with Crippen molar-refractivity contribution >= 4 is 0 Å². The highest BCUT2D eigenvalue weighted by molar-refractivity contribution is 5.03. The molecule has 0 radical (unpaired) electrons. The van der Waals surface area contributed by atoms with Crippen LogP contribution in [0.15, 0.2) is 0 Å². The Bertz CT molecular complexity index is 450. The molecular weight excluding hydrogens is 348 g/mol. The zero-order valence-corrected chi connectivity index (χ0v) is 20.2. The molecule has 0 aromatic heterocycles. The largest absolute Gasteiger partial charge is 0.0654 e. The third-order valence-electron chi connectivity index (χ3n) is 10.9. The number of hydrogen-bond acceptors (Lipinski definition) is 0. The molecule has 5 aliphatic rings. The van der Waals surface area contributed by atoms with E-state index in [0.717, 1.165) is 34.5 Å². The Kier molecular flexibility index (Phi) is 7.72. The monoisotopic (exact) mass is 400 g/mol. The van der Waals surface area contributed by atoms with Gasteiger partial charge in [-0.2, -0.15) is 0 Å². The highest BCUT2D eigenvalue weighted by atomic mass is 14.6. The van der Waals surface area contributed by atoms with Crippen LogP contribution >= 0.6 is 0 Å². The average Bonchev–Trinajstić information content (AvgIpc) is 2.79. The second-order valence-electron chi connectivity index (χ2n) is 12.4. The Balaban J connectivity index is 1.21. The molecule has 0 amide bonds. The van der Waals surface area contributed by atoms with Crippen molar-refractivity contribution in [3.8, 4) is 0 Å². The van der Waals surface area contributed by atoms with Crippen LogP contribution < -0.4 is 0 Å². The molecule has 2 bridgehead atoms. The van der Waals surface area contributed by atoms with Gasteiger partial charge in [-0.25, -0.2) is 0 Å². The lowest BCUT2D eigenvalue weighted by Gasteiger charge is -2.58. The summed E-state index contributed by atoms with van der Waals surface area (Å²) in [6.45, 7) is 4.72. The van der Waals surface area contributed by atoms with Crippen LogP contribution in [-0.2, 0) is 0 Å². The summed E-state index contributed by atoms with van der Waals surface area (Å²) < 4.78 is 0. The van der Waals surface area contributed by atoms with E-state index < -0.39 is 0 Å². The first-order chi connectivity index (χ1) is 14.2. The van der Waals surface area contributed by atoms with Crippen LogP contribution in [0.25, 0.3) is 0 Å². The van der Waals surface area contributed by atoms with Gasteiger partial charge in [-0.1, -0.05) is 65.2 Å². The first-order valence-corrected chi connectivity index (χ1v) is 14.2. The van der Waals surface area contributed by atoms with Crippen LogP contribution in [0.4, 0.5) is 0 Å². The Hall–Kier alpha value is 0. The molecule has 0 atom stereocenters. The Morgan fingerprint density at radius 1 is 0.586 bits per heavy atom. The molecule has 0 N–H and O–H groups in total. The van der Waals surface area contributed by atoms with Crippen molar-refractivity contribution < 1.29 is 0 Å². The zero-order valence-electron chi connectivity index (χ0n) is 20.2. The number of fused-ring (bicyclic) bond motifs is 3. The summed E-state index contributed by atoms with van der Waals surface area (Å²) in [6, 6.07) is 0. The van der Waals surface area contributed by atoms with Crippen molar-refractivity contribution in [3.63, 3.8) is 0 Å².